The molecule has 7 nitrogen and oxygen atoms in total. The number of carbonyl (C=O) groups excluding carboxylic acids is 2. The predicted molar refractivity (Wildman–Crippen MR) is 63.2 cm³/mol. The lowest BCUT2D eigenvalue weighted by atomic mass is 9.95. The Balaban J connectivity index is 3.00. The summed E-state index contributed by atoms with van der Waals surface area (Å²) >= 11 is 0. The number of non-ortho nitro benzene ring substituents is 1. The minimum absolute atomic E-state index is 0.122. The number of ketones is 1. The first-order chi connectivity index (χ1) is 9.01. The SMILES string of the molecule is COC(=O)C(CC#N)C(=O)c1ccc([N+](=O)[O-])cc1. The molecule has 0 radical (unpaired) electrons. The number of methoxy groups -OCH3 is 1. The van der Waals surface area contributed by atoms with Crippen LogP contribution in [0.3, 0.4) is 0 Å². The third-order valence-corrected chi connectivity index (χ3v) is 2.46. The van der Waals surface area contributed by atoms with E-state index in [0.717, 1.165) is 19.2 Å². The normalized spacial score (nSPS) is 11.2. The molecule has 0 amide bonds. The van der Waals surface area contributed by atoms with Gasteiger partial charge in [0.1, 0.15) is 5.92 Å². The van der Waals surface area contributed by atoms with Crippen LogP contribution in [-0.4, -0.2) is 23.8 Å². The van der Waals surface area contributed by atoms with Crippen molar-refractivity contribution in [3.63, 3.8) is 0 Å². The molecular formula is C12H10N2O5. The van der Waals surface area contributed by atoms with Crippen LogP contribution in [-0.2, 0) is 9.53 Å². The number of nitro groups is 1. The topological polar surface area (TPSA) is 110 Å². The van der Waals surface area contributed by atoms with Crippen molar-refractivity contribution in [1.29, 1.82) is 5.26 Å². The first kappa shape index (κ1) is 14.3. The van der Waals surface area contributed by atoms with Gasteiger partial charge in [-0.3, -0.25) is 19.7 Å². The van der Waals surface area contributed by atoms with Crippen molar-refractivity contribution in [2.75, 3.05) is 7.11 Å². The molecule has 0 N–H and O–H groups in total. The Bertz CT molecular complexity index is 544. The lowest BCUT2D eigenvalue weighted by molar-refractivity contribution is -0.384. The Morgan fingerprint density at radius 3 is 2.42 bits per heavy atom. The molecule has 0 bridgehead atoms. The van der Waals surface area contributed by atoms with E-state index in [4.69, 9.17) is 5.26 Å². The molecule has 1 rings (SSSR count). The van der Waals surface area contributed by atoms with E-state index in [1.165, 1.54) is 12.1 Å². The molecule has 0 spiro atoms. The van der Waals surface area contributed by atoms with E-state index < -0.39 is 22.6 Å². The fraction of sp³-hybridized carbons (Fsp3) is 0.250. The number of benzene rings is 1. The zero-order chi connectivity index (χ0) is 14.4. The summed E-state index contributed by atoms with van der Waals surface area (Å²) in [5.74, 6) is -2.61. The van der Waals surface area contributed by atoms with Crippen molar-refractivity contribution < 1.29 is 19.2 Å². The van der Waals surface area contributed by atoms with Crippen LogP contribution in [0.25, 0.3) is 0 Å². The summed E-state index contributed by atoms with van der Waals surface area (Å²) in [5, 5.41) is 19.1. The first-order valence-corrected chi connectivity index (χ1v) is 5.24. The lowest BCUT2D eigenvalue weighted by Gasteiger charge is -2.09. The molecule has 1 aromatic rings. The summed E-state index contributed by atoms with van der Waals surface area (Å²) in [5.41, 5.74) is -0.0392. The van der Waals surface area contributed by atoms with Gasteiger partial charge in [-0.05, 0) is 12.1 Å². The number of carbonyl (C=O) groups is 2. The van der Waals surface area contributed by atoms with Crippen LogP contribution in [0.2, 0.25) is 0 Å². The van der Waals surface area contributed by atoms with Crippen molar-refractivity contribution in [3.05, 3.63) is 39.9 Å². The van der Waals surface area contributed by atoms with Crippen LogP contribution < -0.4 is 0 Å². The highest BCUT2D eigenvalue weighted by Crippen LogP contribution is 2.17. The van der Waals surface area contributed by atoms with Crippen LogP contribution in [0.4, 0.5) is 5.69 Å². The van der Waals surface area contributed by atoms with Gasteiger partial charge in [-0.1, -0.05) is 0 Å². The summed E-state index contributed by atoms with van der Waals surface area (Å²) in [6.45, 7) is 0. The zero-order valence-electron chi connectivity index (χ0n) is 10.0. The molecule has 0 aliphatic heterocycles. The molecule has 19 heavy (non-hydrogen) atoms. The molecule has 0 saturated heterocycles. The maximum atomic E-state index is 12.0. The van der Waals surface area contributed by atoms with E-state index in [0.29, 0.717) is 0 Å². The van der Waals surface area contributed by atoms with Crippen molar-refractivity contribution in [1.82, 2.24) is 0 Å². The molecule has 0 fully saturated rings. The van der Waals surface area contributed by atoms with Gasteiger partial charge >= 0.3 is 5.97 Å². The zero-order valence-corrected chi connectivity index (χ0v) is 10.0. The summed E-state index contributed by atoms with van der Waals surface area (Å²) in [6, 6.07) is 6.54. The van der Waals surface area contributed by atoms with Gasteiger partial charge in [0.2, 0.25) is 0 Å². The molecule has 1 atom stereocenters. The molecule has 1 aromatic carbocycles. The summed E-state index contributed by atoms with van der Waals surface area (Å²) in [6.07, 6.45) is -0.303. The van der Waals surface area contributed by atoms with E-state index in [1.54, 1.807) is 6.07 Å². The highest BCUT2D eigenvalue weighted by molar-refractivity contribution is 6.08. The van der Waals surface area contributed by atoms with E-state index in [1.807, 2.05) is 0 Å². The number of esters is 1. The highest BCUT2D eigenvalue weighted by atomic mass is 16.6. The van der Waals surface area contributed by atoms with Gasteiger partial charge in [-0.15, -0.1) is 0 Å². The molecule has 0 heterocycles. The van der Waals surface area contributed by atoms with Crippen molar-refractivity contribution in [2.24, 2.45) is 5.92 Å². The van der Waals surface area contributed by atoms with Crippen LogP contribution in [0.1, 0.15) is 16.8 Å². The molecule has 0 saturated carbocycles. The molecule has 0 aliphatic rings. The smallest absolute Gasteiger partial charge is 0.317 e. The Kier molecular flexibility index (Phi) is 4.71. The quantitative estimate of drug-likeness (QED) is 0.261. The second-order valence-corrected chi connectivity index (χ2v) is 3.61. The Morgan fingerprint density at radius 2 is 2.00 bits per heavy atom. The van der Waals surface area contributed by atoms with E-state index in [2.05, 4.69) is 4.74 Å². The maximum Gasteiger partial charge on any atom is 0.317 e. The largest absolute Gasteiger partial charge is 0.468 e. The van der Waals surface area contributed by atoms with Gasteiger partial charge in [0.05, 0.1) is 24.5 Å². The van der Waals surface area contributed by atoms with Crippen LogP contribution in [0.15, 0.2) is 24.3 Å². The number of Topliss-reactive ketones (excluding diaryl/α,β-unsaturated/α-hetero) is 1. The average Bonchev–Trinajstić information content (AvgIpc) is 2.43. The van der Waals surface area contributed by atoms with E-state index in [-0.39, 0.29) is 17.7 Å². The lowest BCUT2D eigenvalue weighted by Crippen LogP contribution is -2.25. The molecule has 98 valence electrons. The van der Waals surface area contributed by atoms with Gasteiger partial charge in [0, 0.05) is 17.7 Å². The molecule has 0 aromatic heterocycles. The van der Waals surface area contributed by atoms with Crippen molar-refractivity contribution in [2.45, 2.75) is 6.42 Å². The summed E-state index contributed by atoms with van der Waals surface area (Å²) < 4.78 is 4.45. The van der Waals surface area contributed by atoms with Gasteiger partial charge in [0.15, 0.2) is 5.78 Å². The van der Waals surface area contributed by atoms with Gasteiger partial charge in [-0.25, -0.2) is 0 Å². The summed E-state index contributed by atoms with van der Waals surface area (Å²) in [7, 11) is 1.12. The Hall–Kier alpha value is -2.75. The third kappa shape index (κ3) is 3.35. The minimum Gasteiger partial charge on any atom is -0.468 e. The minimum atomic E-state index is -1.21. The molecule has 1 unspecified atom stereocenters. The van der Waals surface area contributed by atoms with Crippen LogP contribution in [0.5, 0.6) is 0 Å². The molecular weight excluding hydrogens is 252 g/mol. The van der Waals surface area contributed by atoms with Gasteiger partial charge in [0.25, 0.3) is 5.69 Å². The fourth-order valence-corrected chi connectivity index (χ4v) is 1.47. The van der Waals surface area contributed by atoms with E-state index in [9.17, 15) is 19.7 Å². The van der Waals surface area contributed by atoms with Gasteiger partial charge < -0.3 is 4.74 Å². The van der Waals surface area contributed by atoms with Gasteiger partial charge in [-0.2, -0.15) is 5.26 Å². The number of ether oxygens (including phenoxy) is 1. The number of hydrogen-bond donors (Lipinski definition) is 0. The first-order valence-electron chi connectivity index (χ1n) is 5.24. The second-order valence-electron chi connectivity index (χ2n) is 3.61. The standard InChI is InChI=1S/C12H10N2O5/c1-19-12(16)10(6-7-13)11(15)8-2-4-9(5-3-8)14(17)18/h2-5,10H,6H2,1H3. The van der Waals surface area contributed by atoms with Crippen LogP contribution >= 0.6 is 0 Å². The Morgan fingerprint density at radius 1 is 1.42 bits per heavy atom. The molecule has 0 aliphatic carbocycles. The maximum absolute atomic E-state index is 12.0. The number of nitrogens with zero attached hydrogens (tertiary/aromatic N) is 2. The third-order valence-electron chi connectivity index (χ3n) is 2.46. The summed E-state index contributed by atoms with van der Waals surface area (Å²) in [4.78, 5) is 33.3. The Labute approximate surface area is 108 Å². The number of rotatable bonds is 5. The number of nitro benzene ring substituents is 1. The molecule has 7 heteroatoms. The monoisotopic (exact) mass is 262 g/mol. The fourth-order valence-electron chi connectivity index (χ4n) is 1.47. The number of hydrogen-bond acceptors (Lipinski definition) is 6. The number of nitriles is 1. The second kappa shape index (κ2) is 6.26. The highest BCUT2D eigenvalue weighted by Gasteiger charge is 2.28. The van der Waals surface area contributed by atoms with E-state index >= 15 is 0 Å². The van der Waals surface area contributed by atoms with Crippen LogP contribution in [0, 0.1) is 27.4 Å². The average molecular weight is 262 g/mol. The van der Waals surface area contributed by atoms with Crippen molar-refractivity contribution >= 4 is 17.4 Å². The predicted octanol–water partition coefficient (Wildman–Crippen LogP) is 1.48. The van der Waals surface area contributed by atoms with Crippen molar-refractivity contribution in [3.8, 4) is 6.07 Å².